The number of Topliss-reactive ketones (excluding diaryl/α,β-unsaturated/α-hetero) is 1. The lowest BCUT2D eigenvalue weighted by Crippen LogP contribution is -2.52. The van der Waals surface area contributed by atoms with Crippen LogP contribution in [0.2, 0.25) is 0 Å². The number of nitrogens with zero attached hydrogens (tertiary/aromatic N) is 1. The van der Waals surface area contributed by atoms with Gasteiger partial charge in [-0.05, 0) is 25.0 Å². The molecule has 5 heteroatoms. The van der Waals surface area contributed by atoms with Gasteiger partial charge in [-0.1, -0.05) is 68.8 Å². The van der Waals surface area contributed by atoms with Gasteiger partial charge in [0.1, 0.15) is 0 Å². The Balaban J connectivity index is 1.89. The Morgan fingerprint density at radius 1 is 0.862 bits per heavy atom. The predicted octanol–water partition coefficient (Wildman–Crippen LogP) is 4.66. The third kappa shape index (κ3) is 6.80. The average Bonchev–Trinajstić information content (AvgIpc) is 2.75. The van der Waals surface area contributed by atoms with Crippen molar-refractivity contribution >= 4 is 11.8 Å². The second-order valence-corrected chi connectivity index (χ2v) is 7.02. The first kappa shape index (κ1) is 22.8. The predicted molar refractivity (Wildman–Crippen MR) is 114 cm³/mol. The number of esters is 1. The molecule has 0 amide bonds. The summed E-state index contributed by atoms with van der Waals surface area (Å²) in [6.07, 6.45) is 2.92. The van der Waals surface area contributed by atoms with E-state index in [1.54, 1.807) is 29.2 Å². The lowest BCUT2D eigenvalue weighted by atomic mass is 10.0. The van der Waals surface area contributed by atoms with E-state index < -0.39 is 11.9 Å². The first-order chi connectivity index (χ1) is 14.0. The van der Waals surface area contributed by atoms with Crippen molar-refractivity contribution in [2.45, 2.75) is 51.9 Å². The van der Waals surface area contributed by atoms with Gasteiger partial charge in [-0.2, -0.15) is 0 Å². The maximum absolute atomic E-state index is 12.5. The number of hydrogen-bond donors (Lipinski definition) is 1. The van der Waals surface area contributed by atoms with Crippen molar-refractivity contribution < 1.29 is 19.4 Å². The Labute approximate surface area is 173 Å². The van der Waals surface area contributed by atoms with Crippen molar-refractivity contribution in [1.29, 1.82) is 0 Å². The molecule has 0 heterocycles. The Kier molecular flexibility index (Phi) is 9.03. The van der Waals surface area contributed by atoms with Gasteiger partial charge in [0.2, 0.25) is 0 Å². The normalized spacial score (nSPS) is 13.1. The molecular weight excluding hydrogens is 366 g/mol. The summed E-state index contributed by atoms with van der Waals surface area (Å²) in [5.41, 5.74) is 1.13. The summed E-state index contributed by atoms with van der Waals surface area (Å²) in [7, 11) is 0. The second kappa shape index (κ2) is 11.5. The molecule has 5 nitrogen and oxygen atoms in total. The van der Waals surface area contributed by atoms with Crippen LogP contribution in [0.1, 0.15) is 66.7 Å². The Morgan fingerprint density at radius 2 is 1.41 bits per heavy atom. The molecule has 0 saturated carbocycles. The second-order valence-electron chi connectivity index (χ2n) is 7.02. The monoisotopic (exact) mass is 397 g/mol. The minimum Gasteiger partial charge on any atom is -0.415 e. The lowest BCUT2D eigenvalue weighted by Gasteiger charge is -2.37. The van der Waals surface area contributed by atoms with E-state index in [1.807, 2.05) is 50.2 Å². The quantitative estimate of drug-likeness (QED) is 0.244. The smallest absolute Gasteiger partial charge is 0.341 e. The average molecular weight is 398 g/mol. The van der Waals surface area contributed by atoms with Crippen LogP contribution in [0.5, 0.6) is 0 Å². The zero-order chi connectivity index (χ0) is 21.1. The number of aliphatic hydroxyl groups is 1. The molecule has 0 bridgehead atoms. The van der Waals surface area contributed by atoms with Crippen LogP contribution in [0.25, 0.3) is 0 Å². The van der Waals surface area contributed by atoms with Crippen LogP contribution in [0.4, 0.5) is 0 Å². The SMILES string of the molecule is CCN(CC)C(O)(CCCCCC(=O)c1ccccc1)OC(=O)c1ccccc1. The fourth-order valence-electron chi connectivity index (χ4n) is 3.36. The van der Waals surface area contributed by atoms with Gasteiger partial charge in [0.15, 0.2) is 5.78 Å². The molecule has 1 unspecified atom stereocenters. The highest BCUT2D eigenvalue weighted by atomic mass is 16.7. The first-order valence-electron chi connectivity index (χ1n) is 10.3. The number of ketones is 1. The minimum atomic E-state index is -1.65. The van der Waals surface area contributed by atoms with Gasteiger partial charge in [-0.25, -0.2) is 9.69 Å². The Bertz CT molecular complexity index is 759. The van der Waals surface area contributed by atoms with Crippen LogP contribution in [0, 0.1) is 0 Å². The molecule has 1 atom stereocenters. The fraction of sp³-hybridized carbons (Fsp3) is 0.417. The van der Waals surface area contributed by atoms with Crippen LogP contribution >= 0.6 is 0 Å². The van der Waals surface area contributed by atoms with Gasteiger partial charge in [0.05, 0.1) is 5.56 Å². The number of carbonyl (C=O) groups excluding carboxylic acids is 2. The van der Waals surface area contributed by atoms with Crippen molar-refractivity contribution in [1.82, 2.24) is 4.90 Å². The molecule has 0 fully saturated rings. The number of unbranched alkanes of at least 4 members (excludes halogenated alkanes) is 2. The summed E-state index contributed by atoms with van der Waals surface area (Å²) >= 11 is 0. The molecule has 0 spiro atoms. The molecule has 0 aliphatic carbocycles. The zero-order valence-corrected chi connectivity index (χ0v) is 17.3. The number of ether oxygens (including phenoxy) is 1. The van der Waals surface area contributed by atoms with Crippen molar-refractivity contribution in [3.63, 3.8) is 0 Å². The largest absolute Gasteiger partial charge is 0.415 e. The summed E-state index contributed by atoms with van der Waals surface area (Å²) in [6.45, 7) is 4.95. The maximum atomic E-state index is 12.5. The van der Waals surface area contributed by atoms with E-state index in [9.17, 15) is 14.7 Å². The van der Waals surface area contributed by atoms with E-state index in [4.69, 9.17) is 4.74 Å². The van der Waals surface area contributed by atoms with E-state index in [2.05, 4.69) is 0 Å². The number of carbonyl (C=O) groups is 2. The molecule has 2 rings (SSSR count). The number of benzene rings is 2. The molecule has 29 heavy (non-hydrogen) atoms. The summed E-state index contributed by atoms with van der Waals surface area (Å²) < 4.78 is 5.54. The van der Waals surface area contributed by atoms with Crippen LogP contribution in [0.15, 0.2) is 60.7 Å². The van der Waals surface area contributed by atoms with Crippen molar-refractivity contribution in [3.8, 4) is 0 Å². The molecule has 0 radical (unpaired) electrons. The van der Waals surface area contributed by atoms with Crippen LogP contribution in [-0.4, -0.2) is 40.8 Å². The van der Waals surface area contributed by atoms with E-state index in [-0.39, 0.29) is 5.78 Å². The molecule has 2 aromatic carbocycles. The number of rotatable bonds is 12. The van der Waals surface area contributed by atoms with E-state index >= 15 is 0 Å². The highest BCUT2D eigenvalue weighted by molar-refractivity contribution is 5.95. The minimum absolute atomic E-state index is 0.125. The molecule has 156 valence electrons. The molecule has 2 aromatic rings. The van der Waals surface area contributed by atoms with Crippen molar-refractivity contribution in [2.24, 2.45) is 0 Å². The van der Waals surface area contributed by atoms with Gasteiger partial charge in [-0.3, -0.25) is 4.79 Å². The molecule has 0 saturated heterocycles. The molecule has 0 aromatic heterocycles. The molecule has 0 aliphatic rings. The van der Waals surface area contributed by atoms with Gasteiger partial charge < -0.3 is 9.84 Å². The third-order valence-electron chi connectivity index (χ3n) is 5.03. The third-order valence-corrected chi connectivity index (χ3v) is 5.03. The highest BCUT2D eigenvalue weighted by Crippen LogP contribution is 2.24. The summed E-state index contributed by atoms with van der Waals surface area (Å²) in [5.74, 6) is -2.07. The van der Waals surface area contributed by atoms with E-state index in [0.29, 0.717) is 37.9 Å². The summed E-state index contributed by atoms with van der Waals surface area (Å²) in [6, 6.07) is 17.9. The Morgan fingerprint density at radius 3 is 1.97 bits per heavy atom. The van der Waals surface area contributed by atoms with Crippen LogP contribution in [-0.2, 0) is 4.74 Å². The van der Waals surface area contributed by atoms with Gasteiger partial charge in [-0.15, -0.1) is 0 Å². The van der Waals surface area contributed by atoms with Crippen LogP contribution < -0.4 is 0 Å². The lowest BCUT2D eigenvalue weighted by molar-refractivity contribution is -0.264. The van der Waals surface area contributed by atoms with Crippen molar-refractivity contribution in [2.75, 3.05) is 13.1 Å². The van der Waals surface area contributed by atoms with E-state index in [0.717, 1.165) is 18.4 Å². The maximum Gasteiger partial charge on any atom is 0.341 e. The van der Waals surface area contributed by atoms with Gasteiger partial charge in [0.25, 0.3) is 5.91 Å². The standard InChI is InChI=1S/C24H31NO4/c1-3-25(4-2)24(28,29-23(27)21-16-10-6-11-17-21)19-13-7-12-18-22(26)20-14-8-5-9-15-20/h5-6,8-11,14-17,28H,3-4,7,12-13,18-19H2,1-2H3. The topological polar surface area (TPSA) is 66.8 Å². The molecule has 0 aliphatic heterocycles. The van der Waals surface area contributed by atoms with Gasteiger partial charge in [0, 0.05) is 31.5 Å². The highest BCUT2D eigenvalue weighted by Gasteiger charge is 2.36. The van der Waals surface area contributed by atoms with Crippen molar-refractivity contribution in [3.05, 3.63) is 71.8 Å². The van der Waals surface area contributed by atoms with Crippen LogP contribution in [0.3, 0.4) is 0 Å². The zero-order valence-electron chi connectivity index (χ0n) is 17.3. The summed E-state index contributed by atoms with van der Waals surface area (Å²) in [5, 5.41) is 11.1. The molecule has 1 N–H and O–H groups in total. The van der Waals surface area contributed by atoms with Gasteiger partial charge >= 0.3 is 5.97 Å². The molecular formula is C24H31NO4. The number of hydrogen-bond acceptors (Lipinski definition) is 5. The summed E-state index contributed by atoms with van der Waals surface area (Å²) in [4.78, 5) is 26.4. The van der Waals surface area contributed by atoms with E-state index in [1.165, 1.54) is 0 Å². The Hall–Kier alpha value is -2.50. The fourth-order valence-corrected chi connectivity index (χ4v) is 3.36. The first-order valence-corrected chi connectivity index (χ1v) is 10.3.